The maximum atomic E-state index is 12.7. The zero-order valence-corrected chi connectivity index (χ0v) is 13.1. The number of alkyl halides is 3. The Labute approximate surface area is 124 Å². The summed E-state index contributed by atoms with van der Waals surface area (Å²) in [5.74, 6) is -1.53. The molecule has 1 saturated carbocycles. The second-order valence-electron chi connectivity index (χ2n) is 7.40. The molecule has 3 N–H and O–H groups in total. The molecule has 0 saturated heterocycles. The predicted octanol–water partition coefficient (Wildman–Crippen LogP) is 3.38. The molecule has 0 spiro atoms. The van der Waals surface area contributed by atoms with E-state index in [1.54, 1.807) is 0 Å². The van der Waals surface area contributed by atoms with Crippen molar-refractivity contribution in [2.75, 3.05) is 0 Å². The van der Waals surface area contributed by atoms with E-state index in [0.717, 1.165) is 0 Å². The summed E-state index contributed by atoms with van der Waals surface area (Å²) in [7, 11) is 0. The van der Waals surface area contributed by atoms with Crippen molar-refractivity contribution in [3.05, 3.63) is 0 Å². The third-order valence-corrected chi connectivity index (χ3v) is 3.82. The minimum atomic E-state index is -4.16. The second kappa shape index (κ2) is 6.99. The molecule has 3 atom stereocenters. The Kier molecular flexibility index (Phi) is 6.08. The Morgan fingerprint density at radius 1 is 1.29 bits per heavy atom. The molecule has 1 rings (SSSR count). The Balaban J connectivity index is 2.41. The number of hydrogen-bond acceptors (Lipinski definition) is 2. The van der Waals surface area contributed by atoms with Crippen LogP contribution in [0, 0.1) is 11.3 Å². The normalized spacial score (nSPS) is 25.5. The van der Waals surface area contributed by atoms with E-state index in [2.05, 4.69) is 5.32 Å². The summed E-state index contributed by atoms with van der Waals surface area (Å²) < 4.78 is 38.1. The van der Waals surface area contributed by atoms with Crippen molar-refractivity contribution in [1.29, 1.82) is 0 Å². The first-order valence-corrected chi connectivity index (χ1v) is 7.59. The van der Waals surface area contributed by atoms with Gasteiger partial charge in [-0.1, -0.05) is 27.2 Å². The van der Waals surface area contributed by atoms with Crippen LogP contribution in [0.1, 0.15) is 59.3 Å². The zero-order chi connectivity index (χ0) is 16.3. The minimum Gasteiger partial charge on any atom is -0.353 e. The molecule has 1 amide bonds. The summed E-state index contributed by atoms with van der Waals surface area (Å²) in [5, 5.41) is 2.72. The fourth-order valence-electron chi connectivity index (χ4n) is 3.00. The lowest BCUT2D eigenvalue weighted by Gasteiger charge is -2.31. The number of carbonyl (C=O) groups is 1. The summed E-state index contributed by atoms with van der Waals surface area (Å²) >= 11 is 0. The highest BCUT2D eigenvalue weighted by Crippen LogP contribution is 2.37. The molecule has 21 heavy (non-hydrogen) atoms. The molecule has 1 aliphatic carbocycles. The van der Waals surface area contributed by atoms with Gasteiger partial charge in [-0.2, -0.15) is 13.2 Å². The second-order valence-corrected chi connectivity index (χ2v) is 7.40. The molecule has 0 heterocycles. The van der Waals surface area contributed by atoms with Gasteiger partial charge in [-0.15, -0.1) is 0 Å². The minimum absolute atomic E-state index is 0.0102. The van der Waals surface area contributed by atoms with Gasteiger partial charge in [0.15, 0.2) is 0 Å². The molecule has 3 unspecified atom stereocenters. The summed E-state index contributed by atoms with van der Waals surface area (Å²) in [4.78, 5) is 11.9. The molecule has 0 radical (unpaired) electrons. The van der Waals surface area contributed by atoms with E-state index in [1.165, 1.54) is 0 Å². The van der Waals surface area contributed by atoms with E-state index in [4.69, 9.17) is 5.73 Å². The first-order valence-electron chi connectivity index (χ1n) is 7.59. The molecule has 124 valence electrons. The smallest absolute Gasteiger partial charge is 0.353 e. The van der Waals surface area contributed by atoms with Gasteiger partial charge < -0.3 is 11.1 Å². The Hall–Kier alpha value is -0.780. The van der Waals surface area contributed by atoms with E-state index < -0.39 is 12.1 Å². The lowest BCUT2D eigenvalue weighted by molar-refractivity contribution is -0.184. The maximum Gasteiger partial charge on any atom is 0.391 e. The predicted molar refractivity (Wildman–Crippen MR) is 76.6 cm³/mol. The highest BCUT2D eigenvalue weighted by molar-refractivity contribution is 5.76. The van der Waals surface area contributed by atoms with Gasteiger partial charge >= 0.3 is 6.18 Å². The highest BCUT2D eigenvalue weighted by Gasteiger charge is 2.42. The van der Waals surface area contributed by atoms with Gasteiger partial charge in [-0.05, 0) is 31.1 Å². The van der Waals surface area contributed by atoms with Crippen molar-refractivity contribution in [2.24, 2.45) is 17.1 Å². The van der Waals surface area contributed by atoms with Gasteiger partial charge in [0.05, 0.1) is 5.92 Å². The Morgan fingerprint density at radius 2 is 1.90 bits per heavy atom. The molecular weight excluding hydrogens is 281 g/mol. The van der Waals surface area contributed by atoms with Crippen LogP contribution in [0.4, 0.5) is 13.2 Å². The van der Waals surface area contributed by atoms with Gasteiger partial charge in [0, 0.05) is 18.5 Å². The highest BCUT2D eigenvalue weighted by atomic mass is 19.4. The third kappa shape index (κ3) is 7.16. The lowest BCUT2D eigenvalue weighted by atomic mass is 9.85. The van der Waals surface area contributed by atoms with Crippen molar-refractivity contribution in [1.82, 2.24) is 5.32 Å². The maximum absolute atomic E-state index is 12.7. The van der Waals surface area contributed by atoms with Crippen molar-refractivity contribution in [2.45, 2.75) is 77.6 Å². The zero-order valence-electron chi connectivity index (χ0n) is 13.1. The van der Waals surface area contributed by atoms with Crippen LogP contribution in [0.5, 0.6) is 0 Å². The topological polar surface area (TPSA) is 55.1 Å². The first kappa shape index (κ1) is 18.3. The van der Waals surface area contributed by atoms with Crippen LogP contribution in [-0.2, 0) is 4.79 Å². The lowest BCUT2D eigenvalue weighted by Crippen LogP contribution is -2.43. The van der Waals surface area contributed by atoms with E-state index in [0.29, 0.717) is 19.3 Å². The standard InChI is InChI=1S/C15H27F3N2O/c1-14(2,3)9-11(19)8-13(21)20-12-6-4-5-10(7-12)15(16,17)18/h10-12H,4-9,19H2,1-3H3,(H,20,21). The Morgan fingerprint density at radius 3 is 2.43 bits per heavy atom. The van der Waals surface area contributed by atoms with Crippen LogP contribution in [0.25, 0.3) is 0 Å². The summed E-state index contributed by atoms with van der Waals surface area (Å²) in [6.45, 7) is 6.12. The van der Waals surface area contributed by atoms with Gasteiger partial charge in [0.2, 0.25) is 5.91 Å². The van der Waals surface area contributed by atoms with E-state index in [9.17, 15) is 18.0 Å². The van der Waals surface area contributed by atoms with Crippen LogP contribution in [0.15, 0.2) is 0 Å². The van der Waals surface area contributed by atoms with Crippen LogP contribution >= 0.6 is 0 Å². The molecule has 6 heteroatoms. The molecule has 1 fully saturated rings. The first-order chi connectivity index (χ1) is 9.47. The van der Waals surface area contributed by atoms with Crippen LogP contribution in [0.3, 0.4) is 0 Å². The van der Waals surface area contributed by atoms with Gasteiger partial charge in [-0.25, -0.2) is 0 Å². The van der Waals surface area contributed by atoms with Crippen molar-refractivity contribution >= 4 is 5.91 Å². The fourth-order valence-corrected chi connectivity index (χ4v) is 3.00. The average Bonchev–Trinajstić information content (AvgIpc) is 2.24. The molecule has 0 aliphatic heterocycles. The van der Waals surface area contributed by atoms with Crippen LogP contribution in [-0.4, -0.2) is 24.2 Å². The van der Waals surface area contributed by atoms with Gasteiger partial charge in [-0.3, -0.25) is 4.79 Å². The van der Waals surface area contributed by atoms with Crippen molar-refractivity contribution in [3.63, 3.8) is 0 Å². The molecule has 3 nitrogen and oxygen atoms in total. The van der Waals surface area contributed by atoms with Crippen LogP contribution < -0.4 is 11.1 Å². The van der Waals surface area contributed by atoms with E-state index in [1.807, 2.05) is 20.8 Å². The molecule has 0 aromatic rings. The summed E-state index contributed by atoms with van der Waals surface area (Å²) in [6, 6.07) is -0.633. The summed E-state index contributed by atoms with van der Waals surface area (Å²) in [6.07, 6.45) is -2.01. The molecule has 1 aliphatic rings. The van der Waals surface area contributed by atoms with Gasteiger partial charge in [0.1, 0.15) is 0 Å². The Bertz CT molecular complexity index is 350. The number of carbonyl (C=O) groups excluding carboxylic acids is 1. The fraction of sp³-hybridized carbons (Fsp3) is 0.933. The molecule has 0 aromatic heterocycles. The number of nitrogens with one attached hydrogen (secondary N) is 1. The molecule has 0 aromatic carbocycles. The van der Waals surface area contributed by atoms with Gasteiger partial charge in [0.25, 0.3) is 0 Å². The monoisotopic (exact) mass is 308 g/mol. The van der Waals surface area contributed by atoms with E-state index in [-0.39, 0.29) is 42.7 Å². The van der Waals surface area contributed by atoms with Crippen molar-refractivity contribution in [3.8, 4) is 0 Å². The van der Waals surface area contributed by atoms with Crippen molar-refractivity contribution < 1.29 is 18.0 Å². The van der Waals surface area contributed by atoms with Crippen LogP contribution in [0.2, 0.25) is 0 Å². The molecule has 0 bridgehead atoms. The summed E-state index contributed by atoms with van der Waals surface area (Å²) in [5.41, 5.74) is 5.96. The SMILES string of the molecule is CC(C)(C)CC(N)CC(=O)NC1CCCC(C(F)(F)F)C1. The third-order valence-electron chi connectivity index (χ3n) is 3.82. The molecular formula is C15H27F3N2O. The number of halogens is 3. The average molecular weight is 308 g/mol. The quantitative estimate of drug-likeness (QED) is 0.836. The number of hydrogen-bond donors (Lipinski definition) is 2. The number of amides is 1. The number of rotatable bonds is 4. The van der Waals surface area contributed by atoms with E-state index >= 15 is 0 Å². The number of nitrogens with two attached hydrogens (primary N) is 1. The largest absolute Gasteiger partial charge is 0.391 e.